The van der Waals surface area contributed by atoms with Gasteiger partial charge in [0.15, 0.2) is 0 Å². The SMILES string of the molecule is O=S(=O)(c1cccs1)N1CCSC(c2ccco2)CC1. The van der Waals surface area contributed by atoms with E-state index in [-0.39, 0.29) is 5.25 Å². The Bertz CT molecular complexity index is 634. The van der Waals surface area contributed by atoms with Crippen molar-refractivity contribution in [2.45, 2.75) is 15.9 Å². The van der Waals surface area contributed by atoms with Crippen molar-refractivity contribution in [1.29, 1.82) is 0 Å². The van der Waals surface area contributed by atoms with Gasteiger partial charge in [0.1, 0.15) is 9.97 Å². The Morgan fingerprint density at radius 2 is 2.15 bits per heavy atom. The van der Waals surface area contributed by atoms with Crippen LogP contribution in [0.25, 0.3) is 0 Å². The molecule has 4 nitrogen and oxygen atoms in total. The summed E-state index contributed by atoms with van der Waals surface area (Å²) in [5, 5.41) is 2.04. The molecule has 0 bridgehead atoms. The molecule has 0 radical (unpaired) electrons. The lowest BCUT2D eigenvalue weighted by molar-refractivity contribution is 0.418. The van der Waals surface area contributed by atoms with Crippen LogP contribution in [0.3, 0.4) is 0 Å². The van der Waals surface area contributed by atoms with Gasteiger partial charge in [-0.3, -0.25) is 0 Å². The first-order chi connectivity index (χ1) is 9.68. The van der Waals surface area contributed by atoms with Crippen LogP contribution in [0.15, 0.2) is 44.5 Å². The van der Waals surface area contributed by atoms with Gasteiger partial charge in [0.2, 0.25) is 0 Å². The minimum atomic E-state index is -3.33. The van der Waals surface area contributed by atoms with E-state index in [9.17, 15) is 8.42 Å². The molecule has 1 saturated heterocycles. The van der Waals surface area contributed by atoms with Gasteiger partial charge in [0, 0.05) is 18.8 Å². The van der Waals surface area contributed by atoms with E-state index >= 15 is 0 Å². The van der Waals surface area contributed by atoms with Gasteiger partial charge in [-0.1, -0.05) is 6.07 Å². The third-order valence-electron chi connectivity index (χ3n) is 3.25. The molecule has 1 unspecified atom stereocenters. The molecule has 3 rings (SSSR count). The Kier molecular flexibility index (Phi) is 4.21. The molecule has 2 aromatic heterocycles. The van der Waals surface area contributed by atoms with Crippen LogP contribution in [-0.2, 0) is 10.0 Å². The Balaban J connectivity index is 1.75. The van der Waals surface area contributed by atoms with Crippen molar-refractivity contribution < 1.29 is 12.8 Å². The molecule has 0 amide bonds. The predicted octanol–water partition coefficient (Wildman–Crippen LogP) is 3.21. The average molecular weight is 329 g/mol. The molecule has 0 N–H and O–H groups in total. The van der Waals surface area contributed by atoms with E-state index in [0.29, 0.717) is 17.3 Å². The molecule has 1 fully saturated rings. The normalized spacial score (nSPS) is 21.7. The van der Waals surface area contributed by atoms with Crippen molar-refractivity contribution in [1.82, 2.24) is 4.31 Å². The van der Waals surface area contributed by atoms with Gasteiger partial charge >= 0.3 is 0 Å². The maximum atomic E-state index is 12.5. The molecule has 108 valence electrons. The lowest BCUT2D eigenvalue weighted by Crippen LogP contribution is -2.32. The number of nitrogens with zero attached hydrogens (tertiary/aromatic N) is 1. The van der Waals surface area contributed by atoms with Crippen molar-refractivity contribution >= 4 is 33.1 Å². The molecule has 2 aromatic rings. The van der Waals surface area contributed by atoms with Gasteiger partial charge in [0.25, 0.3) is 10.0 Å². The highest BCUT2D eigenvalue weighted by Gasteiger charge is 2.29. The molecule has 1 aliphatic rings. The quantitative estimate of drug-likeness (QED) is 0.867. The van der Waals surface area contributed by atoms with Gasteiger partial charge in [-0.05, 0) is 30.0 Å². The van der Waals surface area contributed by atoms with Gasteiger partial charge < -0.3 is 4.42 Å². The summed E-state index contributed by atoms with van der Waals surface area (Å²) in [6.07, 6.45) is 2.45. The van der Waals surface area contributed by atoms with E-state index in [4.69, 9.17) is 4.42 Å². The number of thioether (sulfide) groups is 1. The maximum Gasteiger partial charge on any atom is 0.252 e. The van der Waals surface area contributed by atoms with Crippen LogP contribution in [0, 0.1) is 0 Å². The molecule has 1 aliphatic heterocycles. The molecule has 1 atom stereocenters. The van der Waals surface area contributed by atoms with Crippen molar-refractivity contribution in [3.05, 3.63) is 41.7 Å². The van der Waals surface area contributed by atoms with Gasteiger partial charge in [-0.25, -0.2) is 8.42 Å². The lowest BCUT2D eigenvalue weighted by atomic mass is 10.2. The standard InChI is InChI=1S/C13H15NO3S3/c15-20(16,13-4-2-9-19-13)14-6-5-12(18-10-7-14)11-3-1-8-17-11/h1-4,8-9,12H,5-7,10H2. The van der Waals surface area contributed by atoms with Crippen LogP contribution in [0.1, 0.15) is 17.4 Å². The highest BCUT2D eigenvalue weighted by molar-refractivity contribution is 7.99. The number of sulfonamides is 1. The minimum Gasteiger partial charge on any atom is -0.468 e. The fraction of sp³-hybridized carbons (Fsp3) is 0.385. The summed E-state index contributed by atoms with van der Waals surface area (Å²) in [5.41, 5.74) is 0. The molecule has 7 heteroatoms. The Morgan fingerprint density at radius 1 is 1.25 bits per heavy atom. The van der Waals surface area contributed by atoms with Crippen molar-refractivity contribution in [2.75, 3.05) is 18.8 Å². The lowest BCUT2D eigenvalue weighted by Gasteiger charge is -2.18. The Hall–Kier alpha value is -0.760. The number of thiophene rings is 1. The summed E-state index contributed by atoms with van der Waals surface area (Å²) in [6, 6.07) is 7.28. The third-order valence-corrected chi connectivity index (χ3v) is 7.81. The molecule has 0 saturated carbocycles. The van der Waals surface area contributed by atoms with Crippen LogP contribution in [-0.4, -0.2) is 31.6 Å². The number of hydrogen-bond acceptors (Lipinski definition) is 5. The summed E-state index contributed by atoms with van der Waals surface area (Å²) in [4.78, 5) is 0. The van der Waals surface area contributed by atoms with Crippen molar-refractivity contribution in [3.63, 3.8) is 0 Å². The van der Waals surface area contributed by atoms with Gasteiger partial charge in [-0.2, -0.15) is 4.31 Å². The summed E-state index contributed by atoms with van der Waals surface area (Å²) < 4.78 is 32.5. The molecular formula is C13H15NO3S3. The van der Waals surface area contributed by atoms with Crippen LogP contribution < -0.4 is 0 Å². The van der Waals surface area contributed by atoms with Gasteiger partial charge in [-0.15, -0.1) is 23.1 Å². The zero-order valence-corrected chi connectivity index (χ0v) is 13.2. The second-order valence-electron chi connectivity index (χ2n) is 4.50. The maximum absolute atomic E-state index is 12.5. The average Bonchev–Trinajstić information content (AvgIpc) is 3.08. The van der Waals surface area contributed by atoms with Crippen LogP contribution >= 0.6 is 23.1 Å². The fourth-order valence-electron chi connectivity index (χ4n) is 2.23. The van der Waals surface area contributed by atoms with Gasteiger partial charge in [0.05, 0.1) is 11.5 Å². The highest BCUT2D eigenvalue weighted by Crippen LogP contribution is 2.36. The van der Waals surface area contributed by atoms with Crippen LogP contribution in [0.4, 0.5) is 0 Å². The van der Waals surface area contributed by atoms with E-state index < -0.39 is 10.0 Å². The van der Waals surface area contributed by atoms with E-state index in [1.54, 1.807) is 39.8 Å². The van der Waals surface area contributed by atoms with Crippen molar-refractivity contribution in [2.24, 2.45) is 0 Å². The van der Waals surface area contributed by atoms with E-state index in [1.165, 1.54) is 11.3 Å². The summed E-state index contributed by atoms with van der Waals surface area (Å²) in [5.74, 6) is 1.72. The summed E-state index contributed by atoms with van der Waals surface area (Å²) in [7, 11) is -3.33. The van der Waals surface area contributed by atoms with E-state index in [2.05, 4.69) is 0 Å². The predicted molar refractivity (Wildman–Crippen MR) is 81.6 cm³/mol. The van der Waals surface area contributed by atoms with E-state index in [0.717, 1.165) is 17.9 Å². The highest BCUT2D eigenvalue weighted by atomic mass is 32.2. The number of rotatable bonds is 3. The topological polar surface area (TPSA) is 50.5 Å². The second-order valence-corrected chi connectivity index (χ2v) is 8.92. The number of furan rings is 1. The third kappa shape index (κ3) is 2.81. The zero-order valence-electron chi connectivity index (χ0n) is 10.8. The fourth-order valence-corrected chi connectivity index (χ4v) is 6.13. The first-order valence-corrected chi connectivity index (χ1v) is 9.73. The molecular weight excluding hydrogens is 314 g/mol. The van der Waals surface area contributed by atoms with Crippen LogP contribution in [0.5, 0.6) is 0 Å². The zero-order chi connectivity index (χ0) is 14.0. The first kappa shape index (κ1) is 14.2. The number of hydrogen-bond donors (Lipinski definition) is 0. The van der Waals surface area contributed by atoms with Crippen LogP contribution in [0.2, 0.25) is 0 Å². The minimum absolute atomic E-state index is 0.244. The first-order valence-electron chi connectivity index (χ1n) is 6.36. The molecule has 20 heavy (non-hydrogen) atoms. The van der Waals surface area contributed by atoms with Crippen molar-refractivity contribution in [3.8, 4) is 0 Å². The molecule has 0 aromatic carbocycles. The monoisotopic (exact) mass is 329 g/mol. The molecule has 3 heterocycles. The van der Waals surface area contributed by atoms with E-state index in [1.807, 2.05) is 12.1 Å². The Labute approximate surface area is 126 Å². The largest absolute Gasteiger partial charge is 0.468 e. The summed E-state index contributed by atoms with van der Waals surface area (Å²) in [6.45, 7) is 1.10. The molecule has 0 spiro atoms. The smallest absolute Gasteiger partial charge is 0.252 e. The molecule has 0 aliphatic carbocycles. The summed E-state index contributed by atoms with van der Waals surface area (Å²) >= 11 is 3.04. The Morgan fingerprint density at radius 3 is 2.85 bits per heavy atom. The second kappa shape index (κ2) is 5.93.